The van der Waals surface area contributed by atoms with Gasteiger partial charge in [0.05, 0.1) is 92.6 Å². The fourth-order valence-corrected chi connectivity index (χ4v) is 8.02. The zero-order valence-electron chi connectivity index (χ0n) is 39.4. The van der Waals surface area contributed by atoms with Crippen LogP contribution < -0.4 is 11.1 Å². The average molecular weight is 967 g/mol. The third-order valence-corrected chi connectivity index (χ3v) is 11.8. The van der Waals surface area contributed by atoms with Gasteiger partial charge in [-0.05, 0) is 33.1 Å². The van der Waals surface area contributed by atoms with Crippen LogP contribution in [0.3, 0.4) is 0 Å². The molecule has 2 saturated heterocycles. The third-order valence-electron chi connectivity index (χ3n) is 11.8. The number of carbonyl (C=O) groups excluding carboxylic acids is 2. The van der Waals surface area contributed by atoms with Gasteiger partial charge in [-0.3, -0.25) is 9.59 Å². The molecule has 7 unspecified atom stereocenters. The number of hydrogen-bond donors (Lipinski definition) is 12. The first kappa shape index (κ1) is 58.8. The Morgan fingerprint density at radius 3 is 1.99 bits per heavy atom. The number of allylic oxidation sites excluding steroid dienone is 12. The van der Waals surface area contributed by atoms with Gasteiger partial charge in [0.15, 0.2) is 12.1 Å². The summed E-state index contributed by atoms with van der Waals surface area (Å²) in [6.45, 7) is 5.69. The van der Waals surface area contributed by atoms with Gasteiger partial charge in [-0.25, -0.2) is 0 Å². The van der Waals surface area contributed by atoms with Crippen molar-refractivity contribution in [2.45, 2.75) is 170 Å². The van der Waals surface area contributed by atoms with Gasteiger partial charge in [-0.15, -0.1) is 0 Å². The van der Waals surface area contributed by atoms with Gasteiger partial charge < -0.3 is 85.8 Å². The van der Waals surface area contributed by atoms with E-state index >= 15 is 0 Å². The van der Waals surface area contributed by atoms with E-state index in [1.165, 1.54) is 0 Å². The van der Waals surface area contributed by atoms with E-state index < -0.39 is 135 Å². The summed E-state index contributed by atoms with van der Waals surface area (Å²) in [7, 11) is 0. The Morgan fingerprint density at radius 2 is 1.35 bits per heavy atom. The SMILES string of the molecule is CCOCCNC(=O)C1[C@@H]2CC(O[C@@H]3OC[C@@H](O)[C@H](N)[C@@H]3O)/C=C/C=C/C=C/C=C/C=C/C=C/C=C/[C@H](C)[C@@H](O)C[C@H](C)OC(=O)CC(O)CC(O)CCC(O)[C@H](O)CC(O)CC(O)(C[C@@H]1O)O2. The van der Waals surface area contributed by atoms with Crippen LogP contribution in [0.1, 0.15) is 78.6 Å². The second-order valence-corrected chi connectivity index (χ2v) is 17.8. The fraction of sp³-hybridized carbons (Fsp3) is 0.673. The van der Waals surface area contributed by atoms with E-state index in [0.717, 1.165) is 0 Å². The zero-order valence-corrected chi connectivity index (χ0v) is 39.4. The van der Waals surface area contributed by atoms with Gasteiger partial charge in [0.1, 0.15) is 12.2 Å². The van der Waals surface area contributed by atoms with Crippen LogP contribution in [0.25, 0.3) is 0 Å². The number of fused-ring (bicyclic) bond motifs is 2. The first-order chi connectivity index (χ1) is 32.3. The molecule has 0 aliphatic carbocycles. The lowest BCUT2D eigenvalue weighted by Gasteiger charge is -2.45. The number of esters is 1. The van der Waals surface area contributed by atoms with Crippen molar-refractivity contribution in [1.82, 2.24) is 5.32 Å². The number of carbonyl (C=O) groups is 2. The molecule has 0 saturated carbocycles. The van der Waals surface area contributed by atoms with Crippen LogP contribution in [0.5, 0.6) is 0 Å². The summed E-state index contributed by atoms with van der Waals surface area (Å²) < 4.78 is 28.6. The highest BCUT2D eigenvalue weighted by Crippen LogP contribution is 2.38. The van der Waals surface area contributed by atoms with Gasteiger partial charge in [-0.2, -0.15) is 0 Å². The van der Waals surface area contributed by atoms with Gasteiger partial charge in [0, 0.05) is 51.2 Å². The standard InChI is InChI=1S/C49H78N2O17/c1-4-64-22-21-51-47(62)44-40(58)29-49(63)28-35(54)25-39(57)37(55)20-19-33(52)24-34(53)26-43(60)66-32(3)23-38(56)31(2)17-15-13-11-9-7-5-6-8-10-12-14-16-18-36(27-42(44)68-49)67-48-46(61)45(50)41(59)30-65-48/h5-18,31-42,44-46,48,52-59,61,63H,4,19-30,50H2,1-3H3,(H,51,62)/b6-5+,9-7+,10-8+,13-11+,14-12+,17-15+,18-16+/t31-,32-,33?,34?,35?,36?,37?,38-,39+,40-,41+,42-,44?,45-,46-,48-,49?/m0/s1. The lowest BCUT2D eigenvalue weighted by Crippen LogP contribution is -2.59. The molecular weight excluding hydrogens is 889 g/mol. The number of cyclic esters (lactones) is 1. The van der Waals surface area contributed by atoms with Crippen molar-refractivity contribution in [2.75, 3.05) is 26.4 Å². The molecule has 3 heterocycles. The van der Waals surface area contributed by atoms with Crippen molar-refractivity contribution in [3.05, 3.63) is 85.1 Å². The highest BCUT2D eigenvalue weighted by molar-refractivity contribution is 5.80. The predicted molar refractivity (Wildman–Crippen MR) is 250 cm³/mol. The Balaban J connectivity index is 1.89. The highest BCUT2D eigenvalue weighted by atomic mass is 16.7. The van der Waals surface area contributed by atoms with Gasteiger partial charge in [0.25, 0.3) is 0 Å². The Hall–Kier alpha value is -3.48. The molecule has 19 heteroatoms. The second-order valence-electron chi connectivity index (χ2n) is 17.8. The minimum Gasteiger partial charge on any atom is -0.462 e. The first-order valence-corrected chi connectivity index (χ1v) is 23.6. The van der Waals surface area contributed by atoms with Gasteiger partial charge >= 0.3 is 5.97 Å². The molecule has 0 spiro atoms. The van der Waals surface area contributed by atoms with Crippen molar-refractivity contribution in [1.29, 1.82) is 0 Å². The maximum Gasteiger partial charge on any atom is 0.308 e. The van der Waals surface area contributed by atoms with Gasteiger partial charge in [0.2, 0.25) is 5.91 Å². The van der Waals surface area contributed by atoms with Crippen molar-refractivity contribution < 1.29 is 84.3 Å². The summed E-state index contributed by atoms with van der Waals surface area (Å²) in [5, 5.41) is 111. The van der Waals surface area contributed by atoms with Crippen LogP contribution in [0.15, 0.2) is 85.1 Å². The number of nitrogens with two attached hydrogens (primary N) is 1. The molecule has 2 fully saturated rings. The molecule has 0 aromatic heterocycles. The van der Waals surface area contributed by atoms with E-state index in [4.69, 9.17) is 29.4 Å². The number of ether oxygens (including phenoxy) is 5. The molecule has 2 bridgehead atoms. The molecule has 0 radical (unpaired) electrons. The zero-order chi connectivity index (χ0) is 50.2. The fourth-order valence-electron chi connectivity index (χ4n) is 8.02. The van der Waals surface area contributed by atoms with Crippen molar-refractivity contribution in [2.24, 2.45) is 17.6 Å². The van der Waals surface area contributed by atoms with Crippen molar-refractivity contribution >= 4 is 11.9 Å². The number of aliphatic hydroxyl groups excluding tert-OH is 9. The highest BCUT2D eigenvalue weighted by Gasteiger charge is 2.50. The van der Waals surface area contributed by atoms with Gasteiger partial charge in [-0.1, -0.05) is 92.0 Å². The average Bonchev–Trinajstić information content (AvgIpc) is 3.26. The monoisotopic (exact) mass is 967 g/mol. The number of nitrogens with one attached hydrogen (secondary N) is 1. The maximum absolute atomic E-state index is 13.7. The number of hydrogen-bond acceptors (Lipinski definition) is 18. The molecule has 0 aromatic carbocycles. The van der Waals surface area contributed by atoms with E-state index in [9.17, 15) is 60.7 Å². The topological polar surface area (TPSA) is 321 Å². The minimum absolute atomic E-state index is 0.0917. The van der Waals surface area contributed by atoms with Crippen molar-refractivity contribution in [3.8, 4) is 0 Å². The quantitative estimate of drug-likeness (QED) is 0.119. The Labute approximate surface area is 399 Å². The Kier molecular flexibility index (Phi) is 26.8. The molecule has 3 aliphatic rings. The molecular formula is C49H78N2O17. The van der Waals surface area contributed by atoms with Crippen LogP contribution in [0, 0.1) is 11.8 Å². The van der Waals surface area contributed by atoms with Crippen LogP contribution >= 0.6 is 0 Å². The molecule has 0 aromatic rings. The summed E-state index contributed by atoms with van der Waals surface area (Å²) in [5.41, 5.74) is 6.01. The predicted octanol–water partition coefficient (Wildman–Crippen LogP) is 0.145. The van der Waals surface area contributed by atoms with Crippen LogP contribution in [0.2, 0.25) is 0 Å². The molecule has 3 aliphatic heterocycles. The largest absolute Gasteiger partial charge is 0.462 e. The van der Waals surface area contributed by atoms with E-state index in [-0.39, 0.29) is 57.8 Å². The van der Waals surface area contributed by atoms with E-state index in [1.54, 1.807) is 68.5 Å². The third kappa shape index (κ3) is 21.7. The molecule has 13 N–H and O–H groups in total. The summed E-state index contributed by atoms with van der Waals surface area (Å²) in [6.07, 6.45) is 5.84. The first-order valence-electron chi connectivity index (χ1n) is 23.6. The molecule has 3 rings (SSSR count). The smallest absolute Gasteiger partial charge is 0.308 e. The lowest BCUT2D eigenvalue weighted by atomic mass is 9.82. The molecule has 68 heavy (non-hydrogen) atoms. The van der Waals surface area contributed by atoms with E-state index in [1.807, 2.05) is 37.3 Å². The Bertz CT molecular complexity index is 1690. The normalized spacial score (nSPS) is 41.8. The van der Waals surface area contributed by atoms with Crippen molar-refractivity contribution in [3.63, 3.8) is 0 Å². The summed E-state index contributed by atoms with van der Waals surface area (Å²) in [6, 6.07) is -1.11. The maximum atomic E-state index is 13.7. The Morgan fingerprint density at radius 1 is 0.735 bits per heavy atom. The van der Waals surface area contributed by atoms with E-state index in [2.05, 4.69) is 5.32 Å². The van der Waals surface area contributed by atoms with Crippen LogP contribution in [0.4, 0.5) is 0 Å². The van der Waals surface area contributed by atoms with Crippen LogP contribution in [-0.2, 0) is 33.3 Å². The molecule has 386 valence electrons. The lowest BCUT2D eigenvalue weighted by molar-refractivity contribution is -0.304. The summed E-state index contributed by atoms with van der Waals surface area (Å²) in [4.78, 5) is 26.2. The van der Waals surface area contributed by atoms with E-state index in [0.29, 0.717) is 6.61 Å². The minimum atomic E-state index is -2.27. The summed E-state index contributed by atoms with van der Waals surface area (Å²) in [5.74, 6) is -5.14. The molecule has 17 atom stereocenters. The summed E-state index contributed by atoms with van der Waals surface area (Å²) >= 11 is 0. The number of amides is 1. The number of aliphatic hydroxyl groups is 10. The molecule has 1 amide bonds. The van der Waals surface area contributed by atoms with Crippen LogP contribution in [-0.4, -0.2) is 181 Å². The number of rotatable bonds is 7. The second kappa shape index (κ2) is 31.0. The molecule has 19 nitrogen and oxygen atoms in total.